The van der Waals surface area contributed by atoms with Crippen molar-refractivity contribution >= 4 is 29.0 Å². The summed E-state index contributed by atoms with van der Waals surface area (Å²) in [5, 5.41) is 5.28. The van der Waals surface area contributed by atoms with Crippen LogP contribution in [0.4, 0.5) is 14.9 Å². The lowest BCUT2D eigenvalue weighted by molar-refractivity contribution is 0.1000. The van der Waals surface area contributed by atoms with Gasteiger partial charge in [0.25, 0.3) is 0 Å². The Kier molecular flexibility index (Phi) is 5.28. The molecule has 3 N–H and O–H groups in total. The van der Waals surface area contributed by atoms with E-state index in [1.165, 1.54) is 28.4 Å². The maximum atomic E-state index is 13.9. The summed E-state index contributed by atoms with van der Waals surface area (Å²) >= 11 is 1.52. The number of carbonyl (C=O) groups is 2. The van der Waals surface area contributed by atoms with Crippen molar-refractivity contribution in [3.63, 3.8) is 0 Å². The number of hydrogen-bond donors (Lipinski definition) is 2. The molecule has 6 nitrogen and oxygen atoms in total. The van der Waals surface area contributed by atoms with E-state index in [2.05, 4.69) is 10.3 Å². The van der Waals surface area contributed by atoms with E-state index in [9.17, 15) is 14.0 Å². The Morgan fingerprint density at radius 3 is 2.78 bits per heavy atom. The lowest BCUT2D eigenvalue weighted by Gasteiger charge is -2.21. The van der Waals surface area contributed by atoms with Crippen LogP contribution >= 0.6 is 11.3 Å². The molecule has 0 saturated heterocycles. The number of hydrogen-bond acceptors (Lipinski definition) is 4. The zero-order chi connectivity index (χ0) is 17.0. The van der Waals surface area contributed by atoms with Crippen LogP contribution in [0.1, 0.15) is 28.2 Å². The van der Waals surface area contributed by atoms with Gasteiger partial charge < -0.3 is 16.0 Å². The van der Waals surface area contributed by atoms with Crippen molar-refractivity contribution in [3.8, 4) is 0 Å². The smallest absolute Gasteiger partial charge is 0.321 e. The molecule has 1 aromatic carbocycles. The molecule has 0 aliphatic carbocycles. The molecule has 2 aromatic rings. The largest absolute Gasteiger partial charge is 0.366 e. The normalized spacial score (nSPS) is 11.8. The maximum absolute atomic E-state index is 13.9. The molecule has 0 saturated carbocycles. The number of carbonyl (C=O) groups excluding carboxylic acids is 2. The van der Waals surface area contributed by atoms with Crippen LogP contribution in [-0.4, -0.2) is 35.4 Å². The molecule has 8 heteroatoms. The van der Waals surface area contributed by atoms with Crippen LogP contribution in [-0.2, 0) is 0 Å². The number of amides is 3. The third-order valence-corrected chi connectivity index (χ3v) is 4.27. The van der Waals surface area contributed by atoms with Crippen LogP contribution in [0.15, 0.2) is 29.8 Å². The average molecular weight is 336 g/mol. The number of aromatic nitrogens is 1. The van der Waals surface area contributed by atoms with Gasteiger partial charge in [-0.15, -0.1) is 11.3 Å². The number of primary amides is 1. The number of thiazole rings is 1. The quantitative estimate of drug-likeness (QED) is 0.880. The Balaban J connectivity index is 1.99. The minimum absolute atomic E-state index is 0.00579. The first kappa shape index (κ1) is 16.9. The highest BCUT2D eigenvalue weighted by molar-refractivity contribution is 7.09. The Morgan fingerprint density at radius 1 is 1.48 bits per heavy atom. The van der Waals surface area contributed by atoms with Gasteiger partial charge in [-0.25, -0.2) is 14.2 Å². The molecule has 1 aromatic heterocycles. The molecule has 0 bridgehead atoms. The summed E-state index contributed by atoms with van der Waals surface area (Å²) in [6, 6.07) is 3.22. The van der Waals surface area contributed by atoms with Gasteiger partial charge in [-0.2, -0.15) is 0 Å². The lowest BCUT2D eigenvalue weighted by Crippen LogP contribution is -2.34. The standard InChI is InChI=1S/C15H17FN4O2S/c1-9(14-18-5-6-23-14)8-20(2)15(22)19-12-4-3-10(13(17)21)7-11(12)16/h3-7,9H,8H2,1-2H3,(H2,17,21)(H,19,22)/t9-/m1/s1. The number of urea groups is 1. The summed E-state index contributed by atoms with van der Waals surface area (Å²) < 4.78 is 13.9. The fourth-order valence-electron chi connectivity index (χ4n) is 2.03. The topological polar surface area (TPSA) is 88.3 Å². The van der Waals surface area contributed by atoms with Gasteiger partial charge in [0.15, 0.2) is 0 Å². The summed E-state index contributed by atoms with van der Waals surface area (Å²) in [6.45, 7) is 2.41. The molecule has 0 radical (unpaired) electrons. The van der Waals surface area contributed by atoms with Gasteiger partial charge in [0.1, 0.15) is 5.82 Å². The van der Waals surface area contributed by atoms with Crippen LogP contribution in [0.2, 0.25) is 0 Å². The van der Waals surface area contributed by atoms with Gasteiger partial charge in [-0.3, -0.25) is 4.79 Å². The molecule has 0 aliphatic heterocycles. The first-order chi connectivity index (χ1) is 10.9. The van der Waals surface area contributed by atoms with Crippen LogP contribution in [0.3, 0.4) is 0 Å². The van der Waals surface area contributed by atoms with Gasteiger partial charge >= 0.3 is 6.03 Å². The van der Waals surface area contributed by atoms with Crippen molar-refractivity contribution in [1.82, 2.24) is 9.88 Å². The highest BCUT2D eigenvalue weighted by atomic mass is 32.1. The summed E-state index contributed by atoms with van der Waals surface area (Å²) in [5.74, 6) is -1.36. The number of likely N-dealkylation sites (N-methyl/N-ethyl adjacent to an activating group) is 1. The van der Waals surface area contributed by atoms with Crippen molar-refractivity contribution in [1.29, 1.82) is 0 Å². The van der Waals surface area contributed by atoms with Crippen molar-refractivity contribution < 1.29 is 14.0 Å². The first-order valence-electron chi connectivity index (χ1n) is 6.89. The van der Waals surface area contributed by atoms with E-state index in [0.29, 0.717) is 6.54 Å². The molecular formula is C15H17FN4O2S. The van der Waals surface area contributed by atoms with Gasteiger partial charge in [0, 0.05) is 36.7 Å². The molecule has 122 valence electrons. The Morgan fingerprint density at radius 2 is 2.22 bits per heavy atom. The predicted molar refractivity (Wildman–Crippen MR) is 87.1 cm³/mol. The van der Waals surface area contributed by atoms with Crippen molar-refractivity contribution in [3.05, 3.63) is 46.2 Å². The molecule has 0 fully saturated rings. The van der Waals surface area contributed by atoms with Crippen LogP contribution < -0.4 is 11.1 Å². The predicted octanol–water partition coefficient (Wildman–Crippen LogP) is 2.65. The highest BCUT2D eigenvalue weighted by Crippen LogP contribution is 2.20. The number of nitrogens with zero attached hydrogens (tertiary/aromatic N) is 2. The summed E-state index contributed by atoms with van der Waals surface area (Å²) in [4.78, 5) is 28.8. The van der Waals surface area contributed by atoms with Gasteiger partial charge in [-0.1, -0.05) is 6.92 Å². The average Bonchev–Trinajstić information content (AvgIpc) is 3.03. The van der Waals surface area contributed by atoms with Crippen molar-refractivity contribution in [2.45, 2.75) is 12.8 Å². The van der Waals surface area contributed by atoms with Gasteiger partial charge in [0.05, 0.1) is 10.7 Å². The Hall–Kier alpha value is -2.48. The van der Waals surface area contributed by atoms with E-state index in [0.717, 1.165) is 11.1 Å². The molecule has 2 rings (SSSR count). The van der Waals surface area contributed by atoms with Crippen LogP contribution in [0.5, 0.6) is 0 Å². The number of halogens is 1. The molecule has 3 amide bonds. The second-order valence-corrected chi connectivity index (χ2v) is 6.07. The zero-order valence-corrected chi connectivity index (χ0v) is 13.6. The Bertz CT molecular complexity index is 706. The number of rotatable bonds is 5. The minimum Gasteiger partial charge on any atom is -0.366 e. The van der Waals surface area contributed by atoms with E-state index in [4.69, 9.17) is 5.73 Å². The first-order valence-corrected chi connectivity index (χ1v) is 7.77. The molecule has 0 spiro atoms. The van der Waals surface area contributed by atoms with Crippen LogP contribution in [0, 0.1) is 5.82 Å². The van der Waals surface area contributed by atoms with E-state index in [1.54, 1.807) is 13.2 Å². The second kappa shape index (κ2) is 7.19. The van der Waals surface area contributed by atoms with E-state index in [-0.39, 0.29) is 17.2 Å². The van der Waals surface area contributed by atoms with Crippen molar-refractivity contribution in [2.75, 3.05) is 18.9 Å². The van der Waals surface area contributed by atoms with Gasteiger partial charge in [-0.05, 0) is 18.2 Å². The maximum Gasteiger partial charge on any atom is 0.321 e. The fourth-order valence-corrected chi connectivity index (χ4v) is 2.72. The van der Waals surface area contributed by atoms with Gasteiger partial charge in [0.2, 0.25) is 5.91 Å². The molecular weight excluding hydrogens is 319 g/mol. The lowest BCUT2D eigenvalue weighted by atomic mass is 10.2. The molecule has 1 heterocycles. The molecule has 1 atom stereocenters. The number of nitrogens with one attached hydrogen (secondary N) is 1. The number of benzene rings is 1. The molecule has 23 heavy (non-hydrogen) atoms. The van der Waals surface area contributed by atoms with Crippen LogP contribution in [0.25, 0.3) is 0 Å². The summed E-state index contributed by atoms with van der Waals surface area (Å²) in [6.07, 6.45) is 1.71. The van der Waals surface area contributed by atoms with E-state index in [1.807, 2.05) is 12.3 Å². The fraction of sp³-hybridized carbons (Fsp3) is 0.267. The zero-order valence-electron chi connectivity index (χ0n) is 12.7. The minimum atomic E-state index is -0.726. The SMILES string of the molecule is C[C@H](CN(C)C(=O)Nc1ccc(C(N)=O)cc1F)c1nccs1. The Labute approximate surface area is 137 Å². The molecule has 0 aliphatic rings. The number of nitrogens with two attached hydrogens (primary N) is 1. The van der Waals surface area contributed by atoms with E-state index < -0.39 is 17.8 Å². The molecule has 0 unspecified atom stereocenters. The summed E-state index contributed by atoms with van der Waals surface area (Å²) in [5.41, 5.74) is 5.12. The summed E-state index contributed by atoms with van der Waals surface area (Å²) in [7, 11) is 1.62. The van der Waals surface area contributed by atoms with E-state index >= 15 is 0 Å². The third kappa shape index (κ3) is 4.26. The number of anilines is 1. The monoisotopic (exact) mass is 336 g/mol. The second-order valence-electron chi connectivity index (χ2n) is 5.14. The van der Waals surface area contributed by atoms with Crippen molar-refractivity contribution in [2.24, 2.45) is 5.73 Å². The third-order valence-electron chi connectivity index (χ3n) is 3.26. The highest BCUT2D eigenvalue weighted by Gasteiger charge is 2.17.